The van der Waals surface area contributed by atoms with Crippen molar-refractivity contribution < 1.29 is 14.7 Å². The van der Waals surface area contributed by atoms with E-state index in [9.17, 15) is 14.7 Å². The highest BCUT2D eigenvalue weighted by Gasteiger charge is 2.35. The first kappa shape index (κ1) is 18.5. The molecule has 0 saturated heterocycles. The number of aromatic nitrogens is 1. The van der Waals surface area contributed by atoms with E-state index in [1.165, 1.54) is 0 Å². The van der Waals surface area contributed by atoms with Gasteiger partial charge >= 0.3 is 0 Å². The van der Waals surface area contributed by atoms with Gasteiger partial charge in [0.25, 0.3) is 5.91 Å². The summed E-state index contributed by atoms with van der Waals surface area (Å²) in [5, 5.41) is 13.1. The van der Waals surface area contributed by atoms with Crippen LogP contribution in [0.5, 0.6) is 5.75 Å². The summed E-state index contributed by atoms with van der Waals surface area (Å²) < 4.78 is 0. The topological polar surface area (TPSA) is 73.4 Å². The van der Waals surface area contributed by atoms with Crippen LogP contribution in [0.1, 0.15) is 44.3 Å². The number of alkyl halides is 1. The quantitative estimate of drug-likeness (QED) is 0.432. The first-order valence-electron chi connectivity index (χ1n) is 10.4. The maximum absolute atomic E-state index is 13.6. The largest absolute Gasteiger partial charge is 0.507 e. The van der Waals surface area contributed by atoms with E-state index in [2.05, 4.69) is 4.98 Å². The fraction of sp³-hybridized carbons (Fsp3) is 0.200. The van der Waals surface area contributed by atoms with Crippen molar-refractivity contribution in [2.75, 3.05) is 17.3 Å². The number of phenolic OH excluding ortho intramolecular Hbond substituents is 1. The molecule has 1 aliphatic carbocycles. The standard InChI is InChI=1S/C25H19ClN2O3/c26-11-14-12-28(20-10-22(30)15-3-1-2-4-16(15)23(14)20)25(31)19-9-17-18(27-19)7-5-13-6-8-21(29)24(13)17/h1-5,7,9-10,14,27,30H,6,8,11-12H2/t14-/m1/s1. The van der Waals surface area contributed by atoms with Gasteiger partial charge in [-0.1, -0.05) is 30.3 Å². The molecule has 0 radical (unpaired) electrons. The Morgan fingerprint density at radius 3 is 2.71 bits per heavy atom. The van der Waals surface area contributed by atoms with Crippen molar-refractivity contribution in [3.05, 3.63) is 70.9 Å². The molecule has 0 fully saturated rings. The Bertz CT molecular complexity index is 1420. The molecule has 1 aromatic heterocycles. The van der Waals surface area contributed by atoms with Crippen molar-refractivity contribution in [2.45, 2.75) is 18.8 Å². The van der Waals surface area contributed by atoms with Gasteiger partial charge in [0.1, 0.15) is 11.4 Å². The third kappa shape index (κ3) is 2.56. The number of hydrogen-bond donors (Lipinski definition) is 2. The van der Waals surface area contributed by atoms with Crippen LogP contribution in [0.3, 0.4) is 0 Å². The minimum absolute atomic E-state index is 0.0266. The number of benzene rings is 3. The summed E-state index contributed by atoms with van der Waals surface area (Å²) in [5.41, 5.74) is 4.66. The number of aromatic hydroxyl groups is 1. The molecule has 0 spiro atoms. The van der Waals surface area contributed by atoms with Gasteiger partial charge in [0, 0.05) is 52.7 Å². The third-order valence-electron chi connectivity index (χ3n) is 6.60. The first-order chi connectivity index (χ1) is 15.1. The van der Waals surface area contributed by atoms with Crippen LogP contribution in [0.15, 0.2) is 48.5 Å². The lowest BCUT2D eigenvalue weighted by atomic mass is 9.95. The summed E-state index contributed by atoms with van der Waals surface area (Å²) in [4.78, 5) is 30.8. The molecule has 6 rings (SSSR count). The van der Waals surface area contributed by atoms with Gasteiger partial charge in [0.2, 0.25) is 0 Å². The monoisotopic (exact) mass is 430 g/mol. The average molecular weight is 431 g/mol. The SMILES string of the molecule is O=C1CCc2ccc3[nH]c(C(=O)N4C[C@@H](CCl)c5c4cc(O)c4ccccc54)cc3c21. The molecular formula is C25H19ClN2O3. The van der Waals surface area contributed by atoms with Crippen molar-refractivity contribution in [3.8, 4) is 5.75 Å². The number of aromatic amines is 1. The molecule has 154 valence electrons. The van der Waals surface area contributed by atoms with Gasteiger partial charge in [-0.2, -0.15) is 0 Å². The number of halogens is 1. The molecule has 1 aliphatic heterocycles. The predicted octanol–water partition coefficient (Wildman–Crippen LogP) is 5.14. The van der Waals surface area contributed by atoms with E-state index in [-0.39, 0.29) is 23.4 Å². The van der Waals surface area contributed by atoms with Crippen LogP contribution in [0, 0.1) is 0 Å². The third-order valence-corrected chi connectivity index (χ3v) is 6.97. The molecule has 5 nitrogen and oxygen atoms in total. The zero-order valence-corrected chi connectivity index (χ0v) is 17.4. The number of H-pyrrole nitrogens is 1. The molecule has 1 atom stereocenters. The lowest BCUT2D eigenvalue weighted by Crippen LogP contribution is -2.30. The van der Waals surface area contributed by atoms with Gasteiger partial charge in [-0.3, -0.25) is 9.59 Å². The molecule has 1 amide bonds. The number of amides is 1. The van der Waals surface area contributed by atoms with Gasteiger partial charge < -0.3 is 15.0 Å². The van der Waals surface area contributed by atoms with Gasteiger partial charge in [-0.25, -0.2) is 0 Å². The highest BCUT2D eigenvalue weighted by molar-refractivity contribution is 6.19. The lowest BCUT2D eigenvalue weighted by Gasteiger charge is -2.17. The number of phenols is 1. The number of carbonyl (C=O) groups is 2. The number of anilines is 1. The fourth-order valence-electron chi connectivity index (χ4n) is 5.17. The summed E-state index contributed by atoms with van der Waals surface area (Å²) in [6, 6.07) is 15.0. The summed E-state index contributed by atoms with van der Waals surface area (Å²) in [6.07, 6.45) is 1.27. The van der Waals surface area contributed by atoms with Crippen molar-refractivity contribution in [3.63, 3.8) is 0 Å². The minimum Gasteiger partial charge on any atom is -0.507 e. The summed E-state index contributed by atoms with van der Waals surface area (Å²) in [7, 11) is 0. The van der Waals surface area contributed by atoms with Gasteiger partial charge in [-0.15, -0.1) is 11.6 Å². The average Bonchev–Trinajstić information content (AvgIpc) is 3.48. The smallest absolute Gasteiger partial charge is 0.274 e. The van der Waals surface area contributed by atoms with E-state index >= 15 is 0 Å². The molecular weight excluding hydrogens is 412 g/mol. The Labute approximate surface area is 183 Å². The van der Waals surface area contributed by atoms with Crippen molar-refractivity contribution in [2.24, 2.45) is 0 Å². The molecule has 6 heteroatoms. The molecule has 31 heavy (non-hydrogen) atoms. The second-order valence-electron chi connectivity index (χ2n) is 8.31. The van der Waals surface area contributed by atoms with Crippen molar-refractivity contribution in [1.29, 1.82) is 0 Å². The summed E-state index contributed by atoms with van der Waals surface area (Å²) in [6.45, 7) is 0.442. The minimum atomic E-state index is -0.195. The Balaban J connectivity index is 1.49. The number of nitrogens with one attached hydrogen (secondary N) is 1. The normalized spacial score (nSPS) is 17.5. The van der Waals surface area contributed by atoms with Crippen LogP contribution in [-0.2, 0) is 6.42 Å². The van der Waals surface area contributed by atoms with Crippen LogP contribution in [0.4, 0.5) is 5.69 Å². The zero-order chi connectivity index (χ0) is 21.3. The van der Waals surface area contributed by atoms with Gasteiger partial charge in [0.15, 0.2) is 5.78 Å². The number of fused-ring (bicyclic) bond motifs is 6. The van der Waals surface area contributed by atoms with Gasteiger partial charge in [-0.05, 0) is 35.1 Å². The molecule has 0 bridgehead atoms. The number of hydrogen-bond acceptors (Lipinski definition) is 3. The Kier molecular flexibility index (Phi) is 3.93. The zero-order valence-electron chi connectivity index (χ0n) is 16.6. The number of carbonyl (C=O) groups excluding carboxylic acids is 2. The second kappa shape index (κ2) is 6.59. The summed E-state index contributed by atoms with van der Waals surface area (Å²) in [5.74, 6) is 0.423. The first-order valence-corrected chi connectivity index (χ1v) is 10.9. The molecule has 2 aliphatic rings. The number of ketones is 1. The molecule has 4 aromatic rings. The maximum atomic E-state index is 13.6. The molecule has 0 saturated carbocycles. The lowest BCUT2D eigenvalue weighted by molar-refractivity contribution is 0.0979. The van der Waals surface area contributed by atoms with Crippen LogP contribution >= 0.6 is 11.6 Å². The second-order valence-corrected chi connectivity index (χ2v) is 8.62. The highest BCUT2D eigenvalue weighted by Crippen LogP contribution is 2.45. The predicted molar refractivity (Wildman–Crippen MR) is 122 cm³/mol. The maximum Gasteiger partial charge on any atom is 0.274 e. The number of rotatable bonds is 2. The number of nitrogens with zero attached hydrogens (tertiary/aromatic N) is 1. The molecule has 0 unspecified atom stereocenters. The van der Waals surface area contributed by atoms with E-state index < -0.39 is 0 Å². The van der Waals surface area contributed by atoms with Crippen molar-refractivity contribution >= 4 is 50.7 Å². The van der Waals surface area contributed by atoms with Crippen molar-refractivity contribution in [1.82, 2.24) is 4.98 Å². The molecule has 2 N–H and O–H groups in total. The van der Waals surface area contributed by atoms with E-state index in [1.54, 1.807) is 17.0 Å². The van der Waals surface area contributed by atoms with E-state index in [4.69, 9.17) is 11.6 Å². The highest BCUT2D eigenvalue weighted by atomic mass is 35.5. The Hall–Kier alpha value is -3.31. The molecule has 2 heterocycles. The Morgan fingerprint density at radius 2 is 1.90 bits per heavy atom. The van der Waals surface area contributed by atoms with E-state index in [0.29, 0.717) is 30.2 Å². The van der Waals surface area contributed by atoms with E-state index in [0.717, 1.165) is 44.8 Å². The van der Waals surface area contributed by atoms with Gasteiger partial charge in [0.05, 0.1) is 5.69 Å². The van der Waals surface area contributed by atoms with E-state index in [1.807, 2.05) is 36.4 Å². The van der Waals surface area contributed by atoms with Crippen LogP contribution in [0.2, 0.25) is 0 Å². The number of aryl methyl sites for hydroxylation is 1. The summed E-state index contributed by atoms with van der Waals surface area (Å²) >= 11 is 6.29. The Morgan fingerprint density at radius 1 is 1.10 bits per heavy atom. The van der Waals surface area contributed by atoms with Crippen LogP contribution < -0.4 is 4.90 Å². The fourth-order valence-corrected chi connectivity index (χ4v) is 5.42. The van der Waals surface area contributed by atoms with Crippen LogP contribution in [-0.4, -0.2) is 34.2 Å². The number of Topliss-reactive ketones (excluding diaryl/α,β-unsaturated/α-hetero) is 1. The molecule has 3 aromatic carbocycles. The van der Waals surface area contributed by atoms with Crippen LogP contribution in [0.25, 0.3) is 21.7 Å².